The highest BCUT2D eigenvalue weighted by molar-refractivity contribution is 6.00. The molecule has 5 nitrogen and oxygen atoms in total. The smallest absolute Gasteiger partial charge is 0.336 e. The third-order valence-corrected chi connectivity index (χ3v) is 5.67. The standard InChI is InChI=1S/C31H18F4O5/c32-19-3-1-18(2-4-19)28-26(31(36)37)17-27(38-23-11-5-20(33)6-12-23)29(39-24-13-7-21(34)8-14-24)30(28)40-25-15-9-22(35)10-16-25/h1-17H,(H,36,37). The highest BCUT2D eigenvalue weighted by Gasteiger charge is 2.28. The van der Waals surface area contributed by atoms with Crippen molar-refractivity contribution in [3.05, 3.63) is 132 Å². The molecule has 5 aromatic carbocycles. The first-order chi connectivity index (χ1) is 19.3. The van der Waals surface area contributed by atoms with E-state index >= 15 is 0 Å². The fourth-order valence-electron chi connectivity index (χ4n) is 3.83. The molecule has 0 fully saturated rings. The number of ether oxygens (including phenoxy) is 3. The number of rotatable bonds is 8. The second kappa shape index (κ2) is 11.2. The van der Waals surface area contributed by atoms with Crippen molar-refractivity contribution in [2.45, 2.75) is 0 Å². The van der Waals surface area contributed by atoms with E-state index < -0.39 is 29.2 Å². The molecule has 0 aliphatic rings. The van der Waals surface area contributed by atoms with Gasteiger partial charge >= 0.3 is 5.97 Å². The normalized spacial score (nSPS) is 10.7. The summed E-state index contributed by atoms with van der Waals surface area (Å²) in [5.41, 5.74) is -0.0409. The van der Waals surface area contributed by atoms with Crippen LogP contribution in [0.25, 0.3) is 11.1 Å². The quantitative estimate of drug-likeness (QED) is 0.197. The molecule has 5 rings (SSSR count). The third kappa shape index (κ3) is 5.88. The van der Waals surface area contributed by atoms with Crippen molar-refractivity contribution in [2.75, 3.05) is 0 Å². The Labute approximate surface area is 225 Å². The Hall–Kier alpha value is -5.31. The lowest BCUT2D eigenvalue weighted by molar-refractivity contribution is 0.0697. The van der Waals surface area contributed by atoms with Gasteiger partial charge in [-0.15, -0.1) is 0 Å². The number of halogens is 4. The molecular formula is C31H18F4O5. The van der Waals surface area contributed by atoms with Crippen LogP contribution in [0.3, 0.4) is 0 Å². The van der Waals surface area contributed by atoms with Gasteiger partial charge in [-0.2, -0.15) is 0 Å². The maximum absolute atomic E-state index is 13.8. The number of carboxylic acid groups (broad SMARTS) is 1. The summed E-state index contributed by atoms with van der Waals surface area (Å²) in [5.74, 6) is -3.55. The molecule has 0 heterocycles. The topological polar surface area (TPSA) is 65.0 Å². The van der Waals surface area contributed by atoms with E-state index in [-0.39, 0.29) is 51.2 Å². The number of hydrogen-bond acceptors (Lipinski definition) is 4. The first-order valence-corrected chi connectivity index (χ1v) is 11.8. The SMILES string of the molecule is O=C(O)c1cc(Oc2ccc(F)cc2)c(Oc2ccc(F)cc2)c(Oc2ccc(F)cc2)c1-c1ccc(F)cc1. The van der Waals surface area contributed by atoms with Crippen LogP contribution in [-0.2, 0) is 0 Å². The lowest BCUT2D eigenvalue weighted by Gasteiger charge is -2.21. The molecule has 1 N–H and O–H groups in total. The molecule has 0 atom stereocenters. The minimum absolute atomic E-state index is 0.000364. The molecule has 0 saturated carbocycles. The summed E-state index contributed by atoms with van der Waals surface area (Å²) in [6.07, 6.45) is 0. The van der Waals surface area contributed by atoms with Crippen LogP contribution in [0.2, 0.25) is 0 Å². The predicted octanol–water partition coefficient (Wildman–Crippen LogP) is 8.99. The molecule has 40 heavy (non-hydrogen) atoms. The summed E-state index contributed by atoms with van der Waals surface area (Å²) in [5, 5.41) is 10.2. The number of carboxylic acids is 1. The number of benzene rings is 5. The Morgan fingerprint density at radius 2 is 0.900 bits per heavy atom. The molecule has 5 aromatic rings. The highest BCUT2D eigenvalue weighted by Crippen LogP contribution is 2.51. The number of hydrogen-bond donors (Lipinski definition) is 1. The Morgan fingerprint density at radius 1 is 0.525 bits per heavy atom. The molecular weight excluding hydrogens is 528 g/mol. The summed E-state index contributed by atoms with van der Waals surface area (Å²) >= 11 is 0. The molecule has 0 aliphatic carbocycles. The first kappa shape index (κ1) is 26.3. The van der Waals surface area contributed by atoms with Gasteiger partial charge in [-0.05, 0) is 90.5 Å². The summed E-state index contributed by atoms with van der Waals surface area (Å²) in [6.45, 7) is 0. The van der Waals surface area contributed by atoms with Crippen LogP contribution in [0.5, 0.6) is 34.5 Å². The van der Waals surface area contributed by atoms with E-state index in [0.29, 0.717) is 0 Å². The zero-order chi connectivity index (χ0) is 28.2. The molecule has 9 heteroatoms. The number of aromatic carboxylic acids is 1. The van der Waals surface area contributed by atoms with Crippen LogP contribution in [0, 0.1) is 23.3 Å². The minimum atomic E-state index is -1.37. The van der Waals surface area contributed by atoms with E-state index in [1.54, 1.807) is 0 Å². The van der Waals surface area contributed by atoms with Crippen LogP contribution in [-0.4, -0.2) is 11.1 Å². The maximum atomic E-state index is 13.8. The first-order valence-electron chi connectivity index (χ1n) is 11.8. The predicted molar refractivity (Wildman–Crippen MR) is 138 cm³/mol. The van der Waals surface area contributed by atoms with Crippen LogP contribution in [0.4, 0.5) is 17.6 Å². The molecule has 0 radical (unpaired) electrons. The van der Waals surface area contributed by atoms with Crippen molar-refractivity contribution >= 4 is 5.97 Å². The average molecular weight is 546 g/mol. The van der Waals surface area contributed by atoms with Gasteiger partial charge < -0.3 is 19.3 Å². The summed E-state index contributed by atoms with van der Waals surface area (Å²) in [7, 11) is 0. The van der Waals surface area contributed by atoms with Crippen LogP contribution in [0.15, 0.2) is 103 Å². The van der Waals surface area contributed by atoms with E-state index in [4.69, 9.17) is 14.2 Å². The van der Waals surface area contributed by atoms with Gasteiger partial charge in [-0.25, -0.2) is 22.4 Å². The molecule has 0 amide bonds. The van der Waals surface area contributed by atoms with Crippen molar-refractivity contribution in [1.82, 2.24) is 0 Å². The second-order valence-electron chi connectivity index (χ2n) is 8.44. The molecule has 0 unspecified atom stereocenters. The molecule has 0 aromatic heterocycles. The van der Waals surface area contributed by atoms with Crippen molar-refractivity contribution in [2.24, 2.45) is 0 Å². The van der Waals surface area contributed by atoms with Gasteiger partial charge in [0.25, 0.3) is 0 Å². The monoisotopic (exact) mass is 546 g/mol. The average Bonchev–Trinajstić information content (AvgIpc) is 2.94. The second-order valence-corrected chi connectivity index (χ2v) is 8.44. The molecule has 0 spiro atoms. The molecule has 0 saturated heterocycles. The van der Waals surface area contributed by atoms with Crippen molar-refractivity contribution in [3.63, 3.8) is 0 Å². The van der Waals surface area contributed by atoms with E-state index in [2.05, 4.69) is 0 Å². The summed E-state index contributed by atoms with van der Waals surface area (Å²) in [6, 6.07) is 21.0. The Kier molecular flexibility index (Phi) is 7.37. The minimum Gasteiger partial charge on any atom is -0.478 e. The fraction of sp³-hybridized carbons (Fsp3) is 0. The lowest BCUT2D eigenvalue weighted by atomic mass is 9.97. The zero-order valence-electron chi connectivity index (χ0n) is 20.4. The van der Waals surface area contributed by atoms with E-state index in [1.807, 2.05) is 0 Å². The largest absolute Gasteiger partial charge is 0.478 e. The van der Waals surface area contributed by atoms with Crippen LogP contribution < -0.4 is 14.2 Å². The van der Waals surface area contributed by atoms with Crippen LogP contribution in [0.1, 0.15) is 10.4 Å². The van der Waals surface area contributed by atoms with E-state index in [9.17, 15) is 27.5 Å². The van der Waals surface area contributed by atoms with E-state index in [1.165, 1.54) is 54.6 Å². The van der Waals surface area contributed by atoms with Gasteiger partial charge in [0.15, 0.2) is 11.5 Å². The Balaban J connectivity index is 1.79. The summed E-state index contributed by atoms with van der Waals surface area (Å²) in [4.78, 5) is 12.5. The molecule has 200 valence electrons. The molecule has 0 bridgehead atoms. The van der Waals surface area contributed by atoms with Crippen molar-refractivity contribution in [3.8, 4) is 45.6 Å². The fourth-order valence-corrected chi connectivity index (χ4v) is 3.83. The van der Waals surface area contributed by atoms with Gasteiger partial charge in [-0.1, -0.05) is 12.1 Å². The van der Waals surface area contributed by atoms with Gasteiger partial charge in [0.2, 0.25) is 5.75 Å². The maximum Gasteiger partial charge on any atom is 0.336 e. The van der Waals surface area contributed by atoms with Gasteiger partial charge in [0.05, 0.1) is 5.56 Å². The molecule has 0 aliphatic heterocycles. The van der Waals surface area contributed by atoms with E-state index in [0.717, 1.165) is 48.5 Å². The van der Waals surface area contributed by atoms with Crippen molar-refractivity contribution in [1.29, 1.82) is 0 Å². The van der Waals surface area contributed by atoms with Crippen LogP contribution >= 0.6 is 0 Å². The Morgan fingerprint density at radius 3 is 1.32 bits per heavy atom. The van der Waals surface area contributed by atoms with Gasteiger partial charge in [-0.3, -0.25) is 0 Å². The summed E-state index contributed by atoms with van der Waals surface area (Å²) < 4.78 is 72.7. The lowest BCUT2D eigenvalue weighted by Crippen LogP contribution is -2.05. The third-order valence-electron chi connectivity index (χ3n) is 5.67. The van der Waals surface area contributed by atoms with Gasteiger partial charge in [0, 0.05) is 11.6 Å². The highest BCUT2D eigenvalue weighted by atomic mass is 19.1. The zero-order valence-corrected chi connectivity index (χ0v) is 20.4. The number of carbonyl (C=O) groups is 1. The van der Waals surface area contributed by atoms with Gasteiger partial charge in [0.1, 0.15) is 40.5 Å². The Bertz CT molecular complexity index is 1650. The van der Waals surface area contributed by atoms with Crippen molar-refractivity contribution < 1.29 is 41.7 Å².